The van der Waals surface area contributed by atoms with Gasteiger partial charge in [0, 0.05) is 23.9 Å². The van der Waals surface area contributed by atoms with E-state index in [-0.39, 0.29) is 0 Å². The van der Waals surface area contributed by atoms with Crippen molar-refractivity contribution in [2.24, 2.45) is 0 Å². The maximum absolute atomic E-state index is 4.48. The van der Waals surface area contributed by atoms with Gasteiger partial charge in [0.15, 0.2) is 5.82 Å². The normalized spacial score (nSPS) is 10.9. The van der Waals surface area contributed by atoms with Crippen LogP contribution in [0, 0.1) is 13.8 Å². The van der Waals surface area contributed by atoms with Crippen molar-refractivity contribution in [3.63, 3.8) is 0 Å². The number of para-hydroxylation sites is 1. The highest BCUT2D eigenvalue weighted by atomic mass is 15.4. The van der Waals surface area contributed by atoms with E-state index in [0.717, 1.165) is 29.4 Å². The van der Waals surface area contributed by atoms with Gasteiger partial charge in [-0.1, -0.05) is 25.1 Å². The quantitative estimate of drug-likeness (QED) is 0.792. The van der Waals surface area contributed by atoms with E-state index < -0.39 is 0 Å². The molecule has 0 aliphatic carbocycles. The predicted octanol–water partition coefficient (Wildman–Crippen LogP) is 3.05. The van der Waals surface area contributed by atoms with Crippen LogP contribution in [0.2, 0.25) is 0 Å². The van der Waals surface area contributed by atoms with E-state index >= 15 is 0 Å². The van der Waals surface area contributed by atoms with Gasteiger partial charge in [-0.2, -0.15) is 9.50 Å². The lowest BCUT2D eigenvalue weighted by Crippen LogP contribution is -2.03. The zero-order valence-electron chi connectivity index (χ0n) is 11.9. The van der Waals surface area contributed by atoms with Gasteiger partial charge in [-0.25, -0.2) is 4.98 Å². The average Bonchev–Trinajstić information content (AvgIpc) is 2.84. The highest BCUT2D eigenvalue weighted by Gasteiger charge is 2.09. The molecule has 2 aromatic heterocycles. The molecule has 1 N–H and O–H groups in total. The summed E-state index contributed by atoms with van der Waals surface area (Å²) in [4.78, 5) is 8.84. The van der Waals surface area contributed by atoms with E-state index in [1.54, 1.807) is 4.52 Å². The Balaban J connectivity index is 2.11. The lowest BCUT2D eigenvalue weighted by Gasteiger charge is -2.10. The van der Waals surface area contributed by atoms with Crippen molar-refractivity contribution in [3.8, 4) is 0 Å². The number of rotatable bonds is 3. The summed E-state index contributed by atoms with van der Waals surface area (Å²) in [6.45, 7) is 6.08. The molecule has 0 amide bonds. The molecule has 20 heavy (non-hydrogen) atoms. The minimum atomic E-state index is 0.637. The molecule has 5 heteroatoms. The second-order valence-electron chi connectivity index (χ2n) is 4.82. The molecule has 0 unspecified atom stereocenters. The van der Waals surface area contributed by atoms with Gasteiger partial charge in [0.2, 0.25) is 0 Å². The molecule has 0 saturated carbocycles. The average molecular weight is 267 g/mol. The van der Waals surface area contributed by atoms with Crippen LogP contribution >= 0.6 is 0 Å². The van der Waals surface area contributed by atoms with Crippen molar-refractivity contribution < 1.29 is 0 Å². The Morgan fingerprint density at radius 2 is 1.95 bits per heavy atom. The van der Waals surface area contributed by atoms with E-state index in [2.05, 4.69) is 39.4 Å². The highest BCUT2D eigenvalue weighted by molar-refractivity contribution is 5.62. The number of hydrogen-bond acceptors (Lipinski definition) is 4. The Bertz CT molecular complexity index is 760. The summed E-state index contributed by atoms with van der Waals surface area (Å²) >= 11 is 0. The lowest BCUT2D eigenvalue weighted by molar-refractivity contribution is 0.882. The standard InChI is InChI=1S/C15H17N5/c1-4-13-18-15-16-11(3)9-14(20(15)19-13)17-12-8-6-5-7-10(12)2/h5-9,17H,4H2,1-3H3. The second kappa shape index (κ2) is 4.92. The van der Waals surface area contributed by atoms with Crippen LogP contribution in [0.25, 0.3) is 5.78 Å². The fourth-order valence-electron chi connectivity index (χ4n) is 2.12. The Labute approximate surface area is 117 Å². The van der Waals surface area contributed by atoms with E-state index in [0.29, 0.717) is 5.78 Å². The largest absolute Gasteiger partial charge is 0.340 e. The Kier molecular flexibility index (Phi) is 3.10. The van der Waals surface area contributed by atoms with Gasteiger partial charge in [-0.05, 0) is 25.5 Å². The first kappa shape index (κ1) is 12.6. The zero-order valence-corrected chi connectivity index (χ0v) is 11.9. The van der Waals surface area contributed by atoms with Gasteiger partial charge in [0.05, 0.1) is 0 Å². The number of aromatic nitrogens is 4. The van der Waals surface area contributed by atoms with E-state index in [1.807, 2.05) is 32.0 Å². The number of anilines is 2. The van der Waals surface area contributed by atoms with Crippen molar-refractivity contribution in [1.82, 2.24) is 19.6 Å². The van der Waals surface area contributed by atoms with Gasteiger partial charge in [0.1, 0.15) is 5.82 Å². The summed E-state index contributed by atoms with van der Waals surface area (Å²) in [5, 5.41) is 7.89. The smallest absolute Gasteiger partial charge is 0.254 e. The Morgan fingerprint density at radius 1 is 1.15 bits per heavy atom. The third-order valence-electron chi connectivity index (χ3n) is 3.21. The summed E-state index contributed by atoms with van der Waals surface area (Å²) in [7, 11) is 0. The van der Waals surface area contributed by atoms with Crippen LogP contribution in [0.3, 0.4) is 0 Å². The topological polar surface area (TPSA) is 55.1 Å². The number of hydrogen-bond donors (Lipinski definition) is 1. The first-order valence-corrected chi connectivity index (χ1v) is 6.73. The summed E-state index contributed by atoms with van der Waals surface area (Å²) in [5.41, 5.74) is 3.17. The molecule has 0 radical (unpaired) electrons. The summed E-state index contributed by atoms with van der Waals surface area (Å²) in [5.74, 6) is 2.32. The van der Waals surface area contributed by atoms with Crippen LogP contribution in [-0.4, -0.2) is 19.6 Å². The highest BCUT2D eigenvalue weighted by Crippen LogP contribution is 2.20. The van der Waals surface area contributed by atoms with Gasteiger partial charge in [-0.15, -0.1) is 5.10 Å². The molecule has 0 aliphatic rings. The van der Waals surface area contributed by atoms with Crippen LogP contribution in [0.5, 0.6) is 0 Å². The molecule has 1 aromatic carbocycles. The van der Waals surface area contributed by atoms with Gasteiger partial charge in [0.25, 0.3) is 5.78 Å². The second-order valence-corrected chi connectivity index (χ2v) is 4.82. The van der Waals surface area contributed by atoms with Gasteiger partial charge >= 0.3 is 0 Å². The maximum Gasteiger partial charge on any atom is 0.254 e. The molecule has 0 fully saturated rings. The first-order valence-electron chi connectivity index (χ1n) is 6.73. The molecule has 0 saturated heterocycles. The molecule has 3 aromatic rings. The van der Waals surface area contributed by atoms with Gasteiger partial charge < -0.3 is 5.32 Å². The first-order chi connectivity index (χ1) is 9.67. The molecule has 5 nitrogen and oxygen atoms in total. The Morgan fingerprint density at radius 3 is 2.70 bits per heavy atom. The third kappa shape index (κ3) is 2.22. The number of fused-ring (bicyclic) bond motifs is 1. The summed E-state index contributed by atoms with van der Waals surface area (Å²) in [6.07, 6.45) is 0.798. The minimum absolute atomic E-state index is 0.637. The number of nitrogens with zero attached hydrogens (tertiary/aromatic N) is 4. The lowest BCUT2D eigenvalue weighted by atomic mass is 10.2. The number of nitrogens with one attached hydrogen (secondary N) is 1. The van der Waals surface area contributed by atoms with Gasteiger partial charge in [-0.3, -0.25) is 0 Å². The third-order valence-corrected chi connectivity index (χ3v) is 3.21. The fraction of sp³-hybridized carbons (Fsp3) is 0.267. The molecule has 0 aliphatic heterocycles. The number of aryl methyl sites for hydroxylation is 3. The minimum Gasteiger partial charge on any atom is -0.340 e. The molecule has 0 atom stereocenters. The van der Waals surface area contributed by atoms with Crippen LogP contribution in [-0.2, 0) is 6.42 Å². The SMILES string of the molecule is CCc1nc2nc(C)cc(Nc3ccccc3C)n2n1. The predicted molar refractivity (Wildman–Crippen MR) is 79.4 cm³/mol. The molecule has 3 rings (SSSR count). The van der Waals surface area contributed by atoms with Crippen LogP contribution < -0.4 is 5.32 Å². The maximum atomic E-state index is 4.48. The molecule has 102 valence electrons. The Hall–Kier alpha value is -2.43. The van der Waals surface area contributed by atoms with Crippen LogP contribution in [0.4, 0.5) is 11.5 Å². The van der Waals surface area contributed by atoms with Crippen molar-refractivity contribution in [2.45, 2.75) is 27.2 Å². The summed E-state index contributed by atoms with van der Waals surface area (Å²) in [6, 6.07) is 10.1. The van der Waals surface area contributed by atoms with E-state index in [9.17, 15) is 0 Å². The van der Waals surface area contributed by atoms with Crippen LogP contribution in [0.15, 0.2) is 30.3 Å². The van der Waals surface area contributed by atoms with Crippen molar-refractivity contribution >= 4 is 17.3 Å². The fourth-order valence-corrected chi connectivity index (χ4v) is 2.12. The monoisotopic (exact) mass is 267 g/mol. The van der Waals surface area contributed by atoms with Crippen molar-refractivity contribution in [3.05, 3.63) is 47.4 Å². The summed E-state index contributed by atoms with van der Waals surface area (Å²) < 4.78 is 1.76. The van der Waals surface area contributed by atoms with Crippen molar-refractivity contribution in [2.75, 3.05) is 5.32 Å². The molecule has 0 bridgehead atoms. The zero-order chi connectivity index (χ0) is 14.1. The molecular weight excluding hydrogens is 250 g/mol. The van der Waals surface area contributed by atoms with E-state index in [4.69, 9.17) is 0 Å². The van der Waals surface area contributed by atoms with E-state index in [1.165, 1.54) is 5.56 Å². The van der Waals surface area contributed by atoms with Crippen molar-refractivity contribution in [1.29, 1.82) is 0 Å². The number of benzene rings is 1. The molecular formula is C15H17N5. The van der Waals surface area contributed by atoms with Crippen LogP contribution in [0.1, 0.15) is 24.0 Å². The molecule has 0 spiro atoms. The molecule has 2 heterocycles.